The summed E-state index contributed by atoms with van der Waals surface area (Å²) in [4.78, 5) is 2.43. The molecule has 2 aromatic rings. The van der Waals surface area contributed by atoms with E-state index in [4.69, 9.17) is 29.9 Å². The molecule has 2 aromatic heterocycles. The lowest BCUT2D eigenvalue weighted by atomic mass is 9.93. The number of furan rings is 2. The highest BCUT2D eigenvalue weighted by molar-refractivity contribution is 5.64. The second-order valence-corrected chi connectivity index (χ2v) is 9.01. The van der Waals surface area contributed by atoms with E-state index >= 15 is 0 Å². The Labute approximate surface area is 205 Å². The zero-order valence-electron chi connectivity index (χ0n) is 19.6. The molecule has 7 heteroatoms. The Bertz CT molecular complexity index is 1220. The summed E-state index contributed by atoms with van der Waals surface area (Å²) in [6.45, 7) is 0. The number of rotatable bonds is 8. The summed E-state index contributed by atoms with van der Waals surface area (Å²) < 4.78 is 12.3. The van der Waals surface area contributed by atoms with Crippen LogP contribution in [0.15, 0.2) is 45.3 Å². The number of nitrogens with zero attached hydrogens (tertiary/aromatic N) is 5. The van der Waals surface area contributed by atoms with E-state index in [1.807, 2.05) is 54.6 Å². The van der Waals surface area contributed by atoms with Crippen molar-refractivity contribution in [2.24, 2.45) is 11.8 Å². The summed E-state index contributed by atoms with van der Waals surface area (Å²) in [6, 6.07) is 16.1. The highest BCUT2D eigenvalue weighted by Gasteiger charge is 2.37. The first kappa shape index (κ1) is 23.9. The summed E-state index contributed by atoms with van der Waals surface area (Å²) in [6.07, 6.45) is 13.1. The van der Waals surface area contributed by atoms with Gasteiger partial charge in [-0.15, -0.1) is 0 Å². The third-order valence-corrected chi connectivity index (χ3v) is 6.69. The average molecular weight is 466 g/mol. The second-order valence-electron chi connectivity index (χ2n) is 9.01. The Morgan fingerprint density at radius 3 is 2.37 bits per heavy atom. The first-order valence-corrected chi connectivity index (χ1v) is 12.1. The summed E-state index contributed by atoms with van der Waals surface area (Å²) >= 11 is 0. The second kappa shape index (κ2) is 11.3. The van der Waals surface area contributed by atoms with Gasteiger partial charge in [0.25, 0.3) is 0 Å². The average Bonchev–Trinajstić information content (AvgIpc) is 3.65. The van der Waals surface area contributed by atoms with E-state index in [9.17, 15) is 0 Å². The first-order valence-electron chi connectivity index (χ1n) is 12.1. The van der Waals surface area contributed by atoms with Gasteiger partial charge in [0.15, 0.2) is 5.76 Å². The van der Waals surface area contributed by atoms with Gasteiger partial charge in [-0.2, -0.15) is 21.0 Å². The van der Waals surface area contributed by atoms with Crippen molar-refractivity contribution in [1.82, 2.24) is 4.90 Å². The topological polar surface area (TPSA) is 125 Å². The third-order valence-electron chi connectivity index (χ3n) is 6.69. The molecule has 1 unspecified atom stereocenters. The maximum atomic E-state index is 9.11. The van der Waals surface area contributed by atoms with Crippen molar-refractivity contribution in [3.8, 4) is 24.3 Å². The van der Waals surface area contributed by atoms with Gasteiger partial charge in [-0.1, -0.05) is 31.4 Å². The highest BCUT2D eigenvalue weighted by atomic mass is 16.3. The molecule has 0 amide bonds. The minimum Gasteiger partial charge on any atom is -0.464 e. The molecule has 4 rings (SSSR count). The fourth-order valence-corrected chi connectivity index (χ4v) is 4.94. The van der Waals surface area contributed by atoms with Gasteiger partial charge in [-0.3, -0.25) is 0 Å². The summed E-state index contributed by atoms with van der Waals surface area (Å²) in [5, 5.41) is 36.1. The van der Waals surface area contributed by atoms with E-state index in [1.165, 1.54) is 19.3 Å². The predicted molar refractivity (Wildman–Crippen MR) is 128 cm³/mol. The van der Waals surface area contributed by atoms with Crippen LogP contribution in [-0.4, -0.2) is 10.9 Å². The van der Waals surface area contributed by atoms with Crippen LogP contribution in [0.5, 0.6) is 0 Å². The Hall–Kier alpha value is -4.20. The van der Waals surface area contributed by atoms with E-state index in [0.29, 0.717) is 24.0 Å². The van der Waals surface area contributed by atoms with Crippen LogP contribution in [0.25, 0.3) is 11.8 Å². The van der Waals surface area contributed by atoms with Crippen LogP contribution in [0.1, 0.15) is 74.0 Å². The van der Waals surface area contributed by atoms with Crippen LogP contribution in [-0.2, 0) is 6.42 Å². The van der Waals surface area contributed by atoms with E-state index in [0.717, 1.165) is 36.5 Å². The predicted octanol–water partition coefficient (Wildman–Crippen LogP) is 6.27. The fourth-order valence-electron chi connectivity index (χ4n) is 4.94. The summed E-state index contributed by atoms with van der Waals surface area (Å²) in [7, 11) is 0. The van der Waals surface area contributed by atoms with E-state index in [-0.39, 0.29) is 12.5 Å². The molecule has 1 atom stereocenters. The third kappa shape index (κ3) is 5.48. The maximum absolute atomic E-state index is 9.11. The molecule has 7 nitrogen and oxygen atoms in total. The van der Waals surface area contributed by atoms with Gasteiger partial charge >= 0.3 is 0 Å². The molecule has 176 valence electrons. The normalized spacial score (nSPS) is 18.4. The monoisotopic (exact) mass is 465 g/mol. The first-order chi connectivity index (χ1) is 17.2. The molecule has 0 radical (unpaired) electrons. The van der Waals surface area contributed by atoms with Gasteiger partial charge in [0.05, 0.1) is 36.0 Å². The molecule has 0 saturated heterocycles. The van der Waals surface area contributed by atoms with Crippen LogP contribution in [0.2, 0.25) is 0 Å². The quantitative estimate of drug-likeness (QED) is 0.450. The van der Waals surface area contributed by atoms with Crippen LogP contribution in [0.3, 0.4) is 0 Å². The number of hydrogen-bond donors (Lipinski definition) is 0. The van der Waals surface area contributed by atoms with Crippen molar-refractivity contribution in [1.29, 1.82) is 21.0 Å². The molecule has 1 saturated carbocycles. The van der Waals surface area contributed by atoms with Crippen LogP contribution >= 0.6 is 0 Å². The van der Waals surface area contributed by atoms with Gasteiger partial charge in [-0.05, 0) is 56.0 Å². The fraction of sp³-hybridized carbons (Fsp3) is 0.429. The molecule has 1 aliphatic heterocycles. The lowest BCUT2D eigenvalue weighted by Crippen LogP contribution is -2.35. The molecule has 0 spiro atoms. The molecule has 0 aromatic carbocycles. The Morgan fingerprint density at radius 2 is 1.66 bits per heavy atom. The lowest BCUT2D eigenvalue weighted by Gasteiger charge is -2.38. The van der Waals surface area contributed by atoms with Crippen LogP contribution < -0.4 is 0 Å². The van der Waals surface area contributed by atoms with Gasteiger partial charge in [0.1, 0.15) is 29.1 Å². The minimum atomic E-state index is -0.716. The molecule has 0 bridgehead atoms. The standard InChI is InChI=1S/C28H27N5O2/c29-16-20(17-30)5-4-8-23-9-13-27(34-23)25-11-12-26(33(25)22-6-2-1-3-7-22)28-14-10-24(35-28)15-21(18-31)19-32/h4,8-11,13-14,20-22,26H,1-3,5-7,12,15H2/b8-4+. The van der Waals surface area contributed by atoms with Crippen molar-refractivity contribution >= 4 is 11.8 Å². The SMILES string of the molecule is N#CC(C#N)C/C=C/c1ccc(C2=CCC(c3ccc(CC(C#N)C#N)o3)N2C2CCCCC2)o1. The van der Waals surface area contributed by atoms with E-state index in [1.54, 1.807) is 6.08 Å². The Balaban J connectivity index is 1.54. The molecule has 0 N–H and O–H groups in total. The van der Waals surface area contributed by atoms with Crippen molar-refractivity contribution < 1.29 is 8.83 Å². The van der Waals surface area contributed by atoms with Gasteiger partial charge in [0.2, 0.25) is 0 Å². The summed E-state index contributed by atoms with van der Waals surface area (Å²) in [5.41, 5.74) is 1.05. The number of nitriles is 4. The van der Waals surface area contributed by atoms with Gasteiger partial charge < -0.3 is 13.7 Å². The van der Waals surface area contributed by atoms with Crippen molar-refractivity contribution in [3.63, 3.8) is 0 Å². The Kier molecular flexibility index (Phi) is 7.72. The largest absolute Gasteiger partial charge is 0.464 e. The summed E-state index contributed by atoms with van der Waals surface area (Å²) in [5.74, 6) is 1.60. The van der Waals surface area contributed by atoms with Gasteiger partial charge in [0, 0.05) is 12.5 Å². The number of hydrogen-bond acceptors (Lipinski definition) is 7. The zero-order chi connectivity index (χ0) is 24.6. The van der Waals surface area contributed by atoms with Crippen LogP contribution in [0.4, 0.5) is 0 Å². The van der Waals surface area contributed by atoms with Gasteiger partial charge in [-0.25, -0.2) is 0 Å². The lowest BCUT2D eigenvalue weighted by molar-refractivity contribution is 0.169. The molecular formula is C28H27N5O2. The molecule has 3 heterocycles. The minimum absolute atomic E-state index is 0.0422. The van der Waals surface area contributed by atoms with E-state index in [2.05, 4.69) is 11.0 Å². The van der Waals surface area contributed by atoms with Crippen LogP contribution in [0, 0.1) is 57.2 Å². The molecule has 1 aliphatic carbocycles. The number of allylic oxidation sites excluding steroid dienone is 1. The van der Waals surface area contributed by atoms with Crippen molar-refractivity contribution in [3.05, 3.63) is 59.5 Å². The smallest absolute Gasteiger partial charge is 0.150 e. The maximum Gasteiger partial charge on any atom is 0.150 e. The zero-order valence-corrected chi connectivity index (χ0v) is 19.6. The van der Waals surface area contributed by atoms with Crippen molar-refractivity contribution in [2.45, 2.75) is 63.5 Å². The molecule has 1 fully saturated rings. The molecule has 2 aliphatic rings. The molecule has 35 heavy (non-hydrogen) atoms. The highest BCUT2D eigenvalue weighted by Crippen LogP contribution is 2.44. The van der Waals surface area contributed by atoms with Crippen molar-refractivity contribution in [2.75, 3.05) is 0 Å². The molecular weight excluding hydrogens is 438 g/mol. The van der Waals surface area contributed by atoms with E-state index < -0.39 is 11.8 Å². The Morgan fingerprint density at radius 1 is 0.914 bits per heavy atom.